The molecule has 5 nitrogen and oxygen atoms in total. The van der Waals surface area contributed by atoms with Crippen molar-refractivity contribution in [2.75, 3.05) is 26.4 Å². The van der Waals surface area contributed by atoms with Crippen molar-refractivity contribution >= 4 is 15.9 Å². The summed E-state index contributed by atoms with van der Waals surface area (Å²) in [5.74, 6) is 1.33. The lowest BCUT2D eigenvalue weighted by Crippen LogP contribution is -2.23. The number of nitrogens with zero attached hydrogens (tertiary/aromatic N) is 1. The van der Waals surface area contributed by atoms with Gasteiger partial charge >= 0.3 is 0 Å². The van der Waals surface area contributed by atoms with E-state index in [0.717, 1.165) is 16.5 Å². The van der Waals surface area contributed by atoms with Gasteiger partial charge in [-0.15, -0.1) is 0 Å². The van der Waals surface area contributed by atoms with Crippen LogP contribution in [0.1, 0.15) is 18.0 Å². The Morgan fingerprint density at radius 3 is 2.95 bits per heavy atom. The predicted octanol–water partition coefficient (Wildman–Crippen LogP) is 1.76. The molecule has 1 aliphatic heterocycles. The average Bonchev–Trinajstić information content (AvgIpc) is 2.65. The van der Waals surface area contributed by atoms with Crippen LogP contribution in [0.4, 0.5) is 0 Å². The van der Waals surface area contributed by atoms with Crippen molar-refractivity contribution in [1.29, 1.82) is 5.26 Å². The quantitative estimate of drug-likeness (QED) is 0.881. The van der Waals surface area contributed by atoms with Crippen LogP contribution in [0.2, 0.25) is 0 Å². The maximum atomic E-state index is 9.18. The van der Waals surface area contributed by atoms with Crippen molar-refractivity contribution in [2.45, 2.75) is 12.5 Å². The first-order valence-electron chi connectivity index (χ1n) is 6.09. The molecule has 1 aliphatic rings. The van der Waals surface area contributed by atoms with Gasteiger partial charge in [0.1, 0.15) is 6.04 Å². The zero-order valence-electron chi connectivity index (χ0n) is 10.4. The molecule has 0 saturated heterocycles. The summed E-state index contributed by atoms with van der Waals surface area (Å²) in [4.78, 5) is 0. The van der Waals surface area contributed by atoms with Gasteiger partial charge in [0.2, 0.25) is 0 Å². The van der Waals surface area contributed by atoms with E-state index in [4.69, 9.17) is 14.6 Å². The third kappa shape index (κ3) is 3.38. The van der Waals surface area contributed by atoms with Crippen molar-refractivity contribution in [3.05, 3.63) is 22.2 Å². The zero-order valence-corrected chi connectivity index (χ0v) is 11.9. The van der Waals surface area contributed by atoms with Gasteiger partial charge in [-0.1, -0.05) is 0 Å². The largest absolute Gasteiger partial charge is 0.490 e. The van der Waals surface area contributed by atoms with Crippen molar-refractivity contribution in [3.8, 4) is 17.6 Å². The zero-order chi connectivity index (χ0) is 13.7. The molecule has 0 aromatic heterocycles. The highest BCUT2D eigenvalue weighted by atomic mass is 79.9. The Balaban J connectivity index is 2.29. The fourth-order valence-corrected chi connectivity index (χ4v) is 2.44. The van der Waals surface area contributed by atoms with E-state index in [2.05, 4.69) is 27.3 Å². The molecule has 1 aromatic carbocycles. The van der Waals surface area contributed by atoms with Gasteiger partial charge in [0.25, 0.3) is 0 Å². The van der Waals surface area contributed by atoms with Gasteiger partial charge < -0.3 is 14.6 Å². The molecule has 19 heavy (non-hydrogen) atoms. The number of nitriles is 1. The number of hydrogen-bond acceptors (Lipinski definition) is 5. The van der Waals surface area contributed by atoms with Crippen molar-refractivity contribution in [3.63, 3.8) is 0 Å². The Morgan fingerprint density at radius 1 is 1.42 bits per heavy atom. The molecule has 0 radical (unpaired) electrons. The van der Waals surface area contributed by atoms with Crippen LogP contribution in [0.3, 0.4) is 0 Å². The van der Waals surface area contributed by atoms with Gasteiger partial charge in [-0.25, -0.2) is 0 Å². The van der Waals surface area contributed by atoms with E-state index >= 15 is 0 Å². The lowest BCUT2D eigenvalue weighted by Gasteiger charge is -2.15. The van der Waals surface area contributed by atoms with Crippen LogP contribution in [0.5, 0.6) is 11.5 Å². The SMILES string of the molecule is N#CC(NCCO)c1cc(Br)c2c(c1)OCCCO2. The lowest BCUT2D eigenvalue weighted by atomic mass is 10.1. The number of nitrogens with one attached hydrogen (secondary N) is 1. The fraction of sp³-hybridized carbons (Fsp3) is 0.462. The van der Waals surface area contributed by atoms with E-state index in [0.29, 0.717) is 31.3 Å². The summed E-state index contributed by atoms with van der Waals surface area (Å²) in [6, 6.07) is 5.33. The van der Waals surface area contributed by atoms with Crippen LogP contribution >= 0.6 is 15.9 Å². The average molecular weight is 327 g/mol. The highest BCUT2D eigenvalue weighted by molar-refractivity contribution is 9.10. The number of fused-ring (bicyclic) bond motifs is 1. The topological polar surface area (TPSA) is 74.5 Å². The summed E-state index contributed by atoms with van der Waals surface area (Å²) in [6.07, 6.45) is 0.834. The molecule has 0 bridgehead atoms. The second-order valence-electron chi connectivity index (χ2n) is 4.12. The molecule has 0 amide bonds. The summed E-state index contributed by atoms with van der Waals surface area (Å²) >= 11 is 3.44. The van der Waals surface area contributed by atoms with E-state index in [1.165, 1.54) is 0 Å². The summed E-state index contributed by atoms with van der Waals surface area (Å²) < 4.78 is 12.0. The third-order valence-corrected chi connectivity index (χ3v) is 3.34. The summed E-state index contributed by atoms with van der Waals surface area (Å²) in [6.45, 7) is 1.58. The van der Waals surface area contributed by atoms with Crippen molar-refractivity contribution < 1.29 is 14.6 Å². The minimum absolute atomic E-state index is 0.0100. The summed E-state index contributed by atoms with van der Waals surface area (Å²) in [5, 5.41) is 20.9. The molecule has 6 heteroatoms. The van der Waals surface area contributed by atoms with Gasteiger partial charge in [0.15, 0.2) is 11.5 Å². The number of aliphatic hydroxyl groups excluding tert-OH is 1. The molecule has 1 aromatic rings. The smallest absolute Gasteiger partial charge is 0.175 e. The molecule has 2 N–H and O–H groups in total. The Kier molecular flexibility index (Phi) is 5.02. The number of aliphatic hydroxyl groups is 1. The van der Waals surface area contributed by atoms with Crippen LogP contribution in [0.15, 0.2) is 16.6 Å². The molecule has 0 aliphatic carbocycles. The normalized spacial score (nSPS) is 15.4. The van der Waals surface area contributed by atoms with E-state index in [-0.39, 0.29) is 6.61 Å². The Morgan fingerprint density at radius 2 is 2.21 bits per heavy atom. The molecule has 2 rings (SSSR count). The highest BCUT2D eigenvalue weighted by Crippen LogP contribution is 2.39. The molecular formula is C13H15BrN2O3. The number of hydrogen-bond donors (Lipinski definition) is 2. The Labute approximate surface area is 120 Å². The highest BCUT2D eigenvalue weighted by Gasteiger charge is 2.19. The van der Waals surface area contributed by atoms with Gasteiger partial charge in [0.05, 0.1) is 30.4 Å². The maximum Gasteiger partial charge on any atom is 0.175 e. The number of halogens is 1. The van der Waals surface area contributed by atoms with E-state index in [1.54, 1.807) is 0 Å². The van der Waals surface area contributed by atoms with Gasteiger partial charge in [-0.05, 0) is 33.6 Å². The molecule has 102 valence electrons. The van der Waals surface area contributed by atoms with Crippen LogP contribution in [0, 0.1) is 11.3 Å². The standard InChI is InChI=1S/C13H15BrN2O3/c14-10-6-9(11(8-15)16-2-3-17)7-12-13(10)19-5-1-4-18-12/h6-7,11,16-17H,1-5H2. The van der Waals surface area contributed by atoms with Crippen LogP contribution < -0.4 is 14.8 Å². The van der Waals surface area contributed by atoms with Crippen molar-refractivity contribution in [2.24, 2.45) is 0 Å². The second kappa shape index (κ2) is 6.75. The monoisotopic (exact) mass is 326 g/mol. The molecule has 0 spiro atoms. The lowest BCUT2D eigenvalue weighted by molar-refractivity contribution is 0.289. The molecule has 0 saturated carbocycles. The van der Waals surface area contributed by atoms with Gasteiger partial charge in [0, 0.05) is 13.0 Å². The van der Waals surface area contributed by atoms with E-state index in [9.17, 15) is 5.26 Å². The summed E-state index contributed by atoms with van der Waals surface area (Å²) in [5.41, 5.74) is 0.784. The fourth-order valence-electron chi connectivity index (χ4n) is 1.86. The minimum atomic E-state index is -0.486. The predicted molar refractivity (Wildman–Crippen MR) is 73.2 cm³/mol. The van der Waals surface area contributed by atoms with E-state index < -0.39 is 6.04 Å². The van der Waals surface area contributed by atoms with E-state index in [1.807, 2.05) is 12.1 Å². The molecule has 0 fully saturated rings. The molecular weight excluding hydrogens is 312 g/mol. The summed E-state index contributed by atoms with van der Waals surface area (Å²) in [7, 11) is 0. The van der Waals surface area contributed by atoms with Gasteiger partial charge in [-0.2, -0.15) is 5.26 Å². The third-order valence-electron chi connectivity index (χ3n) is 2.75. The molecule has 1 unspecified atom stereocenters. The first-order chi connectivity index (χ1) is 9.26. The van der Waals surface area contributed by atoms with Gasteiger partial charge in [-0.3, -0.25) is 5.32 Å². The molecule has 1 atom stereocenters. The second-order valence-corrected chi connectivity index (χ2v) is 4.97. The van der Waals surface area contributed by atoms with Crippen molar-refractivity contribution in [1.82, 2.24) is 5.32 Å². The Bertz CT molecular complexity index is 488. The van der Waals surface area contributed by atoms with Crippen LogP contribution in [-0.4, -0.2) is 31.5 Å². The molecule has 1 heterocycles. The Hall–Kier alpha value is -1.29. The maximum absolute atomic E-state index is 9.18. The first-order valence-corrected chi connectivity index (χ1v) is 6.88. The number of ether oxygens (including phenoxy) is 2. The van der Waals surface area contributed by atoms with Crippen LogP contribution in [-0.2, 0) is 0 Å². The first kappa shape index (κ1) is 14.1. The van der Waals surface area contributed by atoms with Crippen LogP contribution in [0.25, 0.3) is 0 Å². The minimum Gasteiger partial charge on any atom is -0.490 e. The number of benzene rings is 1. The number of rotatable bonds is 4.